The van der Waals surface area contributed by atoms with Gasteiger partial charge in [-0.3, -0.25) is 0 Å². The van der Waals surface area contributed by atoms with Gasteiger partial charge in [0, 0.05) is 23.7 Å². The summed E-state index contributed by atoms with van der Waals surface area (Å²) in [6, 6.07) is 6.63. The molecule has 21 heavy (non-hydrogen) atoms. The van der Waals surface area contributed by atoms with Gasteiger partial charge in [0.15, 0.2) is 5.84 Å². The largest absolute Gasteiger partial charge is 0.409 e. The molecule has 116 valence electrons. The van der Waals surface area contributed by atoms with Gasteiger partial charge in [-0.2, -0.15) is 0 Å². The fraction of sp³-hybridized carbons (Fsp3) is 0.562. The van der Waals surface area contributed by atoms with Crippen LogP contribution in [-0.4, -0.2) is 30.4 Å². The highest BCUT2D eigenvalue weighted by atomic mass is 32.2. The number of benzene rings is 1. The molecule has 1 aliphatic rings. The van der Waals surface area contributed by atoms with Crippen LogP contribution >= 0.6 is 11.8 Å². The SMILES string of the molecule is CSc1cccc(N(C)C2CCCCC2C)c1/C(N)=N/O. The number of amidine groups is 1. The molecule has 1 aromatic rings. The van der Waals surface area contributed by atoms with Gasteiger partial charge in [0.05, 0.1) is 5.56 Å². The second kappa shape index (κ2) is 7.07. The molecule has 3 N–H and O–H groups in total. The van der Waals surface area contributed by atoms with Crippen LogP contribution in [0.15, 0.2) is 28.3 Å². The van der Waals surface area contributed by atoms with Gasteiger partial charge in [-0.1, -0.05) is 31.0 Å². The zero-order chi connectivity index (χ0) is 15.4. The Morgan fingerprint density at radius 2 is 2.10 bits per heavy atom. The Kier molecular flexibility index (Phi) is 5.39. The van der Waals surface area contributed by atoms with E-state index in [1.165, 1.54) is 25.7 Å². The quantitative estimate of drug-likeness (QED) is 0.294. The Morgan fingerprint density at radius 3 is 2.71 bits per heavy atom. The zero-order valence-electron chi connectivity index (χ0n) is 13.0. The highest BCUT2D eigenvalue weighted by Crippen LogP contribution is 2.35. The van der Waals surface area contributed by atoms with E-state index in [1.807, 2.05) is 18.4 Å². The highest BCUT2D eigenvalue weighted by Gasteiger charge is 2.27. The van der Waals surface area contributed by atoms with E-state index in [9.17, 15) is 0 Å². The molecule has 1 saturated carbocycles. The molecule has 0 amide bonds. The summed E-state index contributed by atoms with van der Waals surface area (Å²) >= 11 is 1.62. The van der Waals surface area contributed by atoms with Crippen molar-refractivity contribution in [3.8, 4) is 0 Å². The first-order valence-corrected chi connectivity index (χ1v) is 8.70. The summed E-state index contributed by atoms with van der Waals surface area (Å²) in [5.74, 6) is 0.854. The van der Waals surface area contributed by atoms with Gasteiger partial charge in [0.25, 0.3) is 0 Å². The molecule has 0 heterocycles. The molecule has 0 aromatic heterocycles. The van der Waals surface area contributed by atoms with E-state index >= 15 is 0 Å². The molecule has 4 nitrogen and oxygen atoms in total. The van der Waals surface area contributed by atoms with Crippen molar-refractivity contribution >= 4 is 23.3 Å². The molecule has 0 bridgehead atoms. The monoisotopic (exact) mass is 307 g/mol. The maximum absolute atomic E-state index is 9.11. The number of hydrogen-bond acceptors (Lipinski definition) is 4. The van der Waals surface area contributed by atoms with Gasteiger partial charge in [0.2, 0.25) is 0 Å². The van der Waals surface area contributed by atoms with Crippen molar-refractivity contribution in [2.24, 2.45) is 16.8 Å². The topological polar surface area (TPSA) is 61.8 Å². The van der Waals surface area contributed by atoms with Crippen molar-refractivity contribution < 1.29 is 5.21 Å². The van der Waals surface area contributed by atoms with Gasteiger partial charge in [-0.25, -0.2) is 0 Å². The number of thioether (sulfide) groups is 1. The second-order valence-corrected chi connectivity index (χ2v) is 6.63. The minimum atomic E-state index is 0.185. The smallest absolute Gasteiger partial charge is 0.173 e. The van der Waals surface area contributed by atoms with E-state index in [0.717, 1.165) is 16.1 Å². The first kappa shape index (κ1) is 16.0. The van der Waals surface area contributed by atoms with E-state index in [4.69, 9.17) is 10.9 Å². The molecule has 2 rings (SSSR count). The van der Waals surface area contributed by atoms with E-state index in [2.05, 4.69) is 30.1 Å². The third-order valence-electron chi connectivity index (χ3n) is 4.53. The number of nitrogens with zero attached hydrogens (tertiary/aromatic N) is 2. The molecular weight excluding hydrogens is 282 g/mol. The zero-order valence-corrected chi connectivity index (χ0v) is 13.9. The lowest BCUT2D eigenvalue weighted by Crippen LogP contribution is -2.40. The molecule has 1 fully saturated rings. The van der Waals surface area contributed by atoms with Gasteiger partial charge in [-0.15, -0.1) is 11.8 Å². The molecule has 0 spiro atoms. The summed E-state index contributed by atoms with van der Waals surface area (Å²) in [5.41, 5.74) is 7.83. The maximum atomic E-state index is 9.11. The lowest BCUT2D eigenvalue weighted by atomic mass is 9.84. The molecule has 0 radical (unpaired) electrons. The minimum absolute atomic E-state index is 0.185. The fourth-order valence-corrected chi connectivity index (χ4v) is 3.97. The van der Waals surface area contributed by atoms with Crippen molar-refractivity contribution in [3.05, 3.63) is 23.8 Å². The van der Waals surface area contributed by atoms with E-state index in [-0.39, 0.29) is 5.84 Å². The van der Waals surface area contributed by atoms with Crippen LogP contribution < -0.4 is 10.6 Å². The van der Waals surface area contributed by atoms with Crippen molar-refractivity contribution in [2.75, 3.05) is 18.2 Å². The predicted octanol–water partition coefficient (Wildman–Crippen LogP) is 3.52. The Balaban J connectivity index is 2.42. The average Bonchev–Trinajstić information content (AvgIpc) is 2.53. The summed E-state index contributed by atoms with van der Waals surface area (Å²) in [4.78, 5) is 3.36. The Morgan fingerprint density at radius 1 is 1.38 bits per heavy atom. The van der Waals surface area contributed by atoms with Crippen LogP contribution in [0.3, 0.4) is 0 Å². The van der Waals surface area contributed by atoms with Crippen LogP contribution in [0.2, 0.25) is 0 Å². The van der Waals surface area contributed by atoms with Crippen LogP contribution in [0.25, 0.3) is 0 Å². The lowest BCUT2D eigenvalue weighted by Gasteiger charge is -2.38. The van der Waals surface area contributed by atoms with Crippen LogP contribution in [0.5, 0.6) is 0 Å². The third kappa shape index (κ3) is 3.28. The van der Waals surface area contributed by atoms with E-state index < -0.39 is 0 Å². The highest BCUT2D eigenvalue weighted by molar-refractivity contribution is 7.98. The van der Waals surface area contributed by atoms with Crippen LogP contribution in [-0.2, 0) is 0 Å². The Bertz CT molecular complexity index is 518. The van der Waals surface area contributed by atoms with Crippen LogP contribution in [0.1, 0.15) is 38.2 Å². The van der Waals surface area contributed by atoms with E-state index in [1.54, 1.807) is 11.8 Å². The third-order valence-corrected chi connectivity index (χ3v) is 5.31. The van der Waals surface area contributed by atoms with Crippen LogP contribution in [0, 0.1) is 5.92 Å². The van der Waals surface area contributed by atoms with Crippen molar-refractivity contribution in [2.45, 2.75) is 43.5 Å². The summed E-state index contributed by atoms with van der Waals surface area (Å²) in [7, 11) is 2.13. The second-order valence-electron chi connectivity index (χ2n) is 5.78. The molecule has 0 saturated heterocycles. The Labute approximate surface area is 131 Å². The summed E-state index contributed by atoms with van der Waals surface area (Å²) in [6.45, 7) is 2.32. The fourth-order valence-electron chi connectivity index (χ4n) is 3.34. The van der Waals surface area contributed by atoms with E-state index in [0.29, 0.717) is 12.0 Å². The van der Waals surface area contributed by atoms with Gasteiger partial charge >= 0.3 is 0 Å². The average molecular weight is 307 g/mol. The lowest BCUT2D eigenvalue weighted by molar-refractivity contribution is 0.317. The number of oxime groups is 1. The minimum Gasteiger partial charge on any atom is -0.409 e. The maximum Gasteiger partial charge on any atom is 0.173 e. The molecule has 1 aliphatic carbocycles. The first-order chi connectivity index (χ1) is 10.1. The molecular formula is C16H25N3OS. The number of anilines is 1. The summed E-state index contributed by atoms with van der Waals surface area (Å²) < 4.78 is 0. The number of hydrogen-bond donors (Lipinski definition) is 2. The number of nitrogens with two attached hydrogens (primary N) is 1. The molecule has 0 aliphatic heterocycles. The van der Waals surface area contributed by atoms with Gasteiger partial charge in [0.1, 0.15) is 0 Å². The standard InChI is InChI=1S/C16H25N3OS/c1-11-7-4-5-8-12(11)19(2)13-9-6-10-14(21-3)15(13)16(17)18-20/h6,9-12,20H,4-5,7-8H2,1-3H3,(H2,17,18). The molecule has 5 heteroatoms. The summed E-state index contributed by atoms with van der Waals surface area (Å²) in [6.07, 6.45) is 7.09. The molecule has 2 unspecified atom stereocenters. The normalized spacial score (nSPS) is 23.1. The van der Waals surface area contributed by atoms with Gasteiger partial charge in [-0.05, 0) is 37.1 Å². The molecule has 2 atom stereocenters. The van der Waals surface area contributed by atoms with Crippen molar-refractivity contribution in [3.63, 3.8) is 0 Å². The summed E-state index contributed by atoms with van der Waals surface area (Å²) in [5, 5.41) is 12.3. The Hall–Kier alpha value is -1.36. The molecule has 1 aromatic carbocycles. The predicted molar refractivity (Wildman–Crippen MR) is 90.6 cm³/mol. The van der Waals surface area contributed by atoms with Crippen molar-refractivity contribution in [1.82, 2.24) is 0 Å². The first-order valence-electron chi connectivity index (χ1n) is 7.47. The number of rotatable bonds is 4. The van der Waals surface area contributed by atoms with Gasteiger partial charge < -0.3 is 15.8 Å². The van der Waals surface area contributed by atoms with Crippen LogP contribution in [0.4, 0.5) is 5.69 Å². The van der Waals surface area contributed by atoms with Crippen molar-refractivity contribution in [1.29, 1.82) is 0 Å².